The Labute approximate surface area is 224 Å². The van der Waals surface area contributed by atoms with Gasteiger partial charge in [-0.25, -0.2) is 4.79 Å². The molecule has 0 saturated carbocycles. The van der Waals surface area contributed by atoms with Crippen LogP contribution in [0.1, 0.15) is 47.9 Å². The third-order valence-corrected chi connectivity index (χ3v) is 7.47. The molecular formula is C28H41N3O5S. The zero-order valence-electron chi connectivity index (χ0n) is 22.6. The molecule has 1 N–H and O–H groups in total. The molecule has 37 heavy (non-hydrogen) atoms. The molecular weight excluding hydrogens is 490 g/mol. The minimum absolute atomic E-state index is 0.0219. The Balaban J connectivity index is 1.73. The number of urea groups is 1. The number of nitrogens with zero attached hydrogens (tertiary/aromatic N) is 2. The first kappa shape index (κ1) is 28.8. The van der Waals surface area contributed by atoms with E-state index in [1.807, 2.05) is 23.1 Å². The highest BCUT2D eigenvalue weighted by Gasteiger charge is 2.26. The first-order chi connectivity index (χ1) is 17.9. The molecule has 2 aromatic rings. The Hall–Kier alpha value is -2.78. The zero-order valence-corrected chi connectivity index (χ0v) is 23.4. The van der Waals surface area contributed by atoms with E-state index in [9.17, 15) is 9.59 Å². The SMILES string of the molecule is CCCCNC(=O)N(CC(=O)N(CCc1ccc(OC)c(OC)c1)Cc1ccc(C)s1)C[C@H]1CCCO1. The molecule has 2 heterocycles. The number of hydrogen-bond acceptors (Lipinski definition) is 6. The van der Waals surface area contributed by atoms with Crippen LogP contribution >= 0.6 is 11.3 Å². The second kappa shape index (κ2) is 14.8. The minimum Gasteiger partial charge on any atom is -0.493 e. The third kappa shape index (κ3) is 8.93. The fraction of sp³-hybridized carbons (Fsp3) is 0.571. The van der Waals surface area contributed by atoms with Crippen LogP contribution in [-0.2, 0) is 22.5 Å². The van der Waals surface area contributed by atoms with Crippen LogP contribution < -0.4 is 14.8 Å². The van der Waals surface area contributed by atoms with E-state index in [-0.39, 0.29) is 24.6 Å². The Kier molecular flexibility index (Phi) is 11.5. The zero-order chi connectivity index (χ0) is 26.6. The number of nitrogens with one attached hydrogen (secondary N) is 1. The molecule has 204 valence electrons. The van der Waals surface area contributed by atoms with Crippen molar-refractivity contribution in [1.82, 2.24) is 15.1 Å². The third-order valence-electron chi connectivity index (χ3n) is 6.48. The van der Waals surface area contributed by atoms with Gasteiger partial charge in [0.2, 0.25) is 5.91 Å². The summed E-state index contributed by atoms with van der Waals surface area (Å²) in [4.78, 5) is 32.4. The first-order valence-corrected chi connectivity index (χ1v) is 13.9. The van der Waals surface area contributed by atoms with E-state index in [0.29, 0.717) is 50.7 Å². The summed E-state index contributed by atoms with van der Waals surface area (Å²) < 4.78 is 16.6. The number of amides is 3. The molecule has 1 aromatic carbocycles. The van der Waals surface area contributed by atoms with Gasteiger partial charge < -0.3 is 29.3 Å². The largest absolute Gasteiger partial charge is 0.493 e. The first-order valence-electron chi connectivity index (χ1n) is 13.1. The standard InChI is InChI=1S/C28H41N3O5S/c1-5-6-14-29-28(33)31(18-23-8-7-16-36-23)20-27(32)30(19-24-11-9-21(2)37-24)15-13-22-10-12-25(34-3)26(17-22)35-4/h9-12,17,23H,5-8,13-16,18-20H2,1-4H3,(H,29,33)/t23-/m1/s1. The number of methoxy groups -OCH3 is 2. The number of rotatable bonds is 14. The highest BCUT2D eigenvalue weighted by molar-refractivity contribution is 7.11. The summed E-state index contributed by atoms with van der Waals surface area (Å²) in [6, 6.07) is 9.75. The van der Waals surface area contributed by atoms with Gasteiger partial charge in [0.05, 0.1) is 26.9 Å². The molecule has 1 fully saturated rings. The number of benzene rings is 1. The lowest BCUT2D eigenvalue weighted by Crippen LogP contribution is -2.49. The van der Waals surface area contributed by atoms with E-state index in [4.69, 9.17) is 14.2 Å². The topological polar surface area (TPSA) is 80.3 Å². The summed E-state index contributed by atoms with van der Waals surface area (Å²) >= 11 is 1.69. The van der Waals surface area contributed by atoms with Crippen LogP contribution in [0.15, 0.2) is 30.3 Å². The van der Waals surface area contributed by atoms with Gasteiger partial charge in [-0.3, -0.25) is 4.79 Å². The number of unbranched alkanes of at least 4 members (excludes halogenated alkanes) is 1. The Morgan fingerprint density at radius 3 is 2.59 bits per heavy atom. The van der Waals surface area contributed by atoms with Crippen molar-refractivity contribution in [2.45, 2.75) is 58.6 Å². The molecule has 9 heteroatoms. The fourth-order valence-electron chi connectivity index (χ4n) is 4.35. The highest BCUT2D eigenvalue weighted by Crippen LogP contribution is 2.28. The van der Waals surface area contributed by atoms with E-state index in [1.165, 1.54) is 4.88 Å². The normalized spacial score (nSPS) is 14.9. The molecule has 3 amide bonds. The Morgan fingerprint density at radius 2 is 1.95 bits per heavy atom. The molecule has 0 bridgehead atoms. The van der Waals surface area contributed by atoms with E-state index >= 15 is 0 Å². The molecule has 1 aromatic heterocycles. The van der Waals surface area contributed by atoms with Crippen molar-refractivity contribution in [3.63, 3.8) is 0 Å². The molecule has 0 radical (unpaired) electrons. The van der Waals surface area contributed by atoms with Crippen molar-refractivity contribution in [2.75, 3.05) is 47.0 Å². The van der Waals surface area contributed by atoms with Gasteiger partial charge in [-0.15, -0.1) is 11.3 Å². The van der Waals surface area contributed by atoms with Crippen LogP contribution in [0.3, 0.4) is 0 Å². The summed E-state index contributed by atoms with van der Waals surface area (Å²) in [6.07, 6.45) is 4.43. The lowest BCUT2D eigenvalue weighted by molar-refractivity contribution is -0.132. The number of carbonyl (C=O) groups is 2. The average molecular weight is 532 g/mol. The quantitative estimate of drug-likeness (QED) is 0.360. The van der Waals surface area contributed by atoms with Crippen LogP contribution in [0, 0.1) is 6.92 Å². The van der Waals surface area contributed by atoms with E-state index in [2.05, 4.69) is 31.3 Å². The summed E-state index contributed by atoms with van der Waals surface area (Å²) in [5.74, 6) is 1.26. The fourth-order valence-corrected chi connectivity index (χ4v) is 5.26. The Bertz CT molecular complexity index is 1010. The molecule has 0 unspecified atom stereocenters. The molecule has 1 atom stereocenters. The molecule has 1 saturated heterocycles. The van der Waals surface area contributed by atoms with Crippen molar-refractivity contribution < 1.29 is 23.8 Å². The van der Waals surface area contributed by atoms with Crippen LogP contribution in [0.2, 0.25) is 0 Å². The highest BCUT2D eigenvalue weighted by atomic mass is 32.1. The van der Waals surface area contributed by atoms with Crippen LogP contribution in [0.5, 0.6) is 11.5 Å². The van der Waals surface area contributed by atoms with E-state index in [0.717, 1.165) is 36.1 Å². The van der Waals surface area contributed by atoms with Gasteiger partial charge in [-0.05, 0) is 62.4 Å². The summed E-state index contributed by atoms with van der Waals surface area (Å²) in [5, 5.41) is 2.97. The van der Waals surface area contributed by atoms with Crippen molar-refractivity contribution in [1.29, 1.82) is 0 Å². The average Bonchev–Trinajstić information content (AvgIpc) is 3.57. The Morgan fingerprint density at radius 1 is 1.14 bits per heavy atom. The summed E-state index contributed by atoms with van der Waals surface area (Å²) in [6.45, 7) is 6.93. The van der Waals surface area contributed by atoms with Crippen molar-refractivity contribution in [3.8, 4) is 11.5 Å². The predicted octanol–water partition coefficient (Wildman–Crippen LogP) is 4.64. The van der Waals surface area contributed by atoms with Gasteiger partial charge in [0.25, 0.3) is 0 Å². The van der Waals surface area contributed by atoms with Gasteiger partial charge in [-0.2, -0.15) is 0 Å². The van der Waals surface area contributed by atoms with Gasteiger partial charge in [-0.1, -0.05) is 19.4 Å². The van der Waals surface area contributed by atoms with Gasteiger partial charge in [0.15, 0.2) is 11.5 Å². The maximum atomic E-state index is 13.6. The second-order valence-corrected chi connectivity index (χ2v) is 10.7. The van der Waals surface area contributed by atoms with E-state index < -0.39 is 0 Å². The lowest BCUT2D eigenvalue weighted by atomic mass is 10.1. The minimum atomic E-state index is -0.205. The van der Waals surface area contributed by atoms with Crippen molar-refractivity contribution in [3.05, 3.63) is 45.6 Å². The monoisotopic (exact) mass is 531 g/mol. The lowest BCUT2D eigenvalue weighted by Gasteiger charge is -2.29. The van der Waals surface area contributed by atoms with Crippen LogP contribution in [-0.4, -0.2) is 74.8 Å². The predicted molar refractivity (Wildman–Crippen MR) is 147 cm³/mol. The molecule has 0 aliphatic carbocycles. The number of hydrogen-bond donors (Lipinski definition) is 1. The summed E-state index contributed by atoms with van der Waals surface area (Å²) in [5.41, 5.74) is 1.05. The maximum Gasteiger partial charge on any atom is 0.317 e. The van der Waals surface area contributed by atoms with Gasteiger partial charge in [0.1, 0.15) is 6.54 Å². The number of thiophene rings is 1. The van der Waals surface area contributed by atoms with Crippen molar-refractivity contribution in [2.24, 2.45) is 0 Å². The van der Waals surface area contributed by atoms with Crippen LogP contribution in [0.25, 0.3) is 0 Å². The number of aryl methyl sites for hydroxylation is 1. The van der Waals surface area contributed by atoms with Gasteiger partial charge >= 0.3 is 6.03 Å². The molecule has 1 aliphatic rings. The molecule has 1 aliphatic heterocycles. The maximum absolute atomic E-state index is 13.6. The van der Waals surface area contributed by atoms with E-state index in [1.54, 1.807) is 30.5 Å². The second-order valence-electron chi connectivity index (χ2n) is 9.37. The summed E-state index contributed by atoms with van der Waals surface area (Å²) in [7, 11) is 3.23. The van der Waals surface area contributed by atoms with Gasteiger partial charge in [0, 0.05) is 36.0 Å². The van der Waals surface area contributed by atoms with Crippen molar-refractivity contribution >= 4 is 23.3 Å². The number of ether oxygens (including phenoxy) is 3. The smallest absolute Gasteiger partial charge is 0.317 e. The molecule has 3 rings (SSSR count). The molecule has 0 spiro atoms. The number of carbonyl (C=O) groups excluding carboxylic acids is 2. The molecule has 8 nitrogen and oxygen atoms in total. The van der Waals surface area contributed by atoms with Crippen LogP contribution in [0.4, 0.5) is 4.79 Å².